The van der Waals surface area contributed by atoms with Gasteiger partial charge in [0.05, 0.1) is 18.0 Å². The molecule has 0 N–H and O–H groups in total. The minimum Gasteiger partial charge on any atom is -0.385 e. The Morgan fingerprint density at radius 1 is 1.06 bits per heavy atom. The van der Waals surface area contributed by atoms with E-state index in [0.29, 0.717) is 44.6 Å². The molecule has 1 aromatic heterocycles. The first-order chi connectivity index (χ1) is 16.3. The Bertz CT molecular complexity index is 1050. The lowest BCUT2D eigenvalue weighted by Gasteiger charge is -2.28. The van der Waals surface area contributed by atoms with E-state index in [-0.39, 0.29) is 11.8 Å². The summed E-state index contributed by atoms with van der Waals surface area (Å²) < 4.78 is 46.5. The molecule has 3 rings (SSSR count). The SMILES string of the molecule is CCC(C(=O)N(CCCOC)Cc1cccn1Cc1cccc(C(F)(F)F)c1)c1ccccc1. The third kappa shape index (κ3) is 6.73. The van der Waals surface area contributed by atoms with Crippen molar-refractivity contribution in [2.24, 2.45) is 0 Å². The summed E-state index contributed by atoms with van der Waals surface area (Å²) in [5, 5.41) is 0. The maximum Gasteiger partial charge on any atom is 0.416 e. The van der Waals surface area contributed by atoms with Crippen molar-refractivity contribution in [2.75, 3.05) is 20.3 Å². The molecule has 0 spiro atoms. The molecule has 1 unspecified atom stereocenters. The Morgan fingerprint density at radius 2 is 1.82 bits per heavy atom. The first-order valence-electron chi connectivity index (χ1n) is 11.5. The molecule has 182 valence electrons. The number of aromatic nitrogens is 1. The summed E-state index contributed by atoms with van der Waals surface area (Å²) >= 11 is 0. The molecule has 4 nitrogen and oxygen atoms in total. The van der Waals surface area contributed by atoms with Crippen molar-refractivity contribution in [3.8, 4) is 0 Å². The number of ether oxygens (including phenoxy) is 1. The maximum absolute atomic E-state index is 13.6. The van der Waals surface area contributed by atoms with Crippen molar-refractivity contribution >= 4 is 5.91 Å². The highest BCUT2D eigenvalue weighted by Gasteiger charge is 2.30. The highest BCUT2D eigenvalue weighted by molar-refractivity contribution is 5.83. The van der Waals surface area contributed by atoms with Crippen molar-refractivity contribution in [3.05, 3.63) is 95.3 Å². The molecule has 2 aromatic carbocycles. The van der Waals surface area contributed by atoms with E-state index in [1.165, 1.54) is 12.1 Å². The molecule has 7 heteroatoms. The van der Waals surface area contributed by atoms with Crippen molar-refractivity contribution in [1.29, 1.82) is 0 Å². The standard InChI is InChI=1S/C27H31F3N2O2/c1-3-25(22-11-5-4-6-12-22)26(33)32(16-9-17-34-2)20-24-14-8-15-31(24)19-21-10-7-13-23(18-21)27(28,29)30/h4-8,10-15,18,25H,3,9,16-17,19-20H2,1-2H3. The van der Waals surface area contributed by atoms with Gasteiger partial charge in [0, 0.05) is 38.7 Å². The van der Waals surface area contributed by atoms with Gasteiger partial charge in [-0.2, -0.15) is 13.2 Å². The predicted molar refractivity (Wildman–Crippen MR) is 126 cm³/mol. The second kappa shape index (κ2) is 11.9. The number of halogens is 3. The zero-order valence-electron chi connectivity index (χ0n) is 19.6. The van der Waals surface area contributed by atoms with E-state index in [9.17, 15) is 18.0 Å². The van der Waals surface area contributed by atoms with Crippen LogP contribution in [0.1, 0.15) is 48.1 Å². The van der Waals surface area contributed by atoms with Crippen molar-refractivity contribution < 1.29 is 22.7 Å². The Labute approximate surface area is 199 Å². The zero-order chi connectivity index (χ0) is 24.6. The van der Waals surface area contributed by atoms with Gasteiger partial charge in [-0.05, 0) is 48.2 Å². The molecule has 1 amide bonds. The summed E-state index contributed by atoms with van der Waals surface area (Å²) in [7, 11) is 1.63. The van der Waals surface area contributed by atoms with Crippen LogP contribution in [-0.4, -0.2) is 35.6 Å². The van der Waals surface area contributed by atoms with Crippen molar-refractivity contribution in [2.45, 2.75) is 44.9 Å². The average Bonchev–Trinajstić information content (AvgIpc) is 3.25. The number of rotatable bonds is 11. The average molecular weight is 473 g/mol. The molecular weight excluding hydrogens is 441 g/mol. The second-order valence-electron chi connectivity index (χ2n) is 8.30. The van der Waals surface area contributed by atoms with E-state index in [0.717, 1.165) is 17.3 Å². The Balaban J connectivity index is 1.81. The minimum absolute atomic E-state index is 0.0385. The van der Waals surface area contributed by atoms with Crippen LogP contribution in [0.4, 0.5) is 13.2 Å². The maximum atomic E-state index is 13.6. The van der Waals surface area contributed by atoms with Gasteiger partial charge in [-0.25, -0.2) is 0 Å². The molecule has 0 aliphatic carbocycles. The van der Waals surface area contributed by atoms with Crippen LogP contribution in [0.3, 0.4) is 0 Å². The first kappa shape index (κ1) is 25.6. The molecule has 0 aliphatic heterocycles. The summed E-state index contributed by atoms with van der Waals surface area (Å²) in [4.78, 5) is 15.4. The number of hydrogen-bond acceptors (Lipinski definition) is 2. The van der Waals surface area contributed by atoms with E-state index in [1.54, 1.807) is 13.2 Å². The number of hydrogen-bond donors (Lipinski definition) is 0. The van der Waals surface area contributed by atoms with E-state index in [4.69, 9.17) is 4.74 Å². The Kier molecular flexibility index (Phi) is 8.93. The van der Waals surface area contributed by atoms with Crippen LogP contribution in [0, 0.1) is 0 Å². The van der Waals surface area contributed by atoms with Gasteiger partial charge in [-0.1, -0.05) is 49.4 Å². The van der Waals surface area contributed by atoms with E-state index >= 15 is 0 Å². The third-order valence-electron chi connectivity index (χ3n) is 5.88. The van der Waals surface area contributed by atoms with Gasteiger partial charge in [0.1, 0.15) is 0 Å². The van der Waals surface area contributed by atoms with E-state index < -0.39 is 11.7 Å². The van der Waals surface area contributed by atoms with Gasteiger partial charge in [0.2, 0.25) is 5.91 Å². The number of alkyl halides is 3. The van der Waals surface area contributed by atoms with E-state index in [2.05, 4.69) is 0 Å². The minimum atomic E-state index is -4.38. The molecule has 0 radical (unpaired) electrons. The summed E-state index contributed by atoms with van der Waals surface area (Å²) in [5.41, 5.74) is 1.74. The molecule has 0 bridgehead atoms. The van der Waals surface area contributed by atoms with Gasteiger partial charge in [0.15, 0.2) is 0 Å². The largest absolute Gasteiger partial charge is 0.416 e. The fraction of sp³-hybridized carbons (Fsp3) is 0.370. The summed E-state index contributed by atoms with van der Waals surface area (Å²) in [6, 6.07) is 18.9. The quantitative estimate of drug-likeness (QED) is 0.316. The van der Waals surface area contributed by atoms with E-state index in [1.807, 2.05) is 65.1 Å². The molecule has 0 aliphatic rings. The van der Waals surface area contributed by atoms with Crippen LogP contribution in [0.15, 0.2) is 72.9 Å². The van der Waals surface area contributed by atoms with Gasteiger partial charge >= 0.3 is 6.18 Å². The molecule has 1 heterocycles. The Morgan fingerprint density at radius 3 is 2.50 bits per heavy atom. The lowest BCUT2D eigenvalue weighted by Crippen LogP contribution is -2.36. The van der Waals surface area contributed by atoms with Crippen LogP contribution < -0.4 is 0 Å². The lowest BCUT2D eigenvalue weighted by molar-refractivity contribution is -0.137. The smallest absolute Gasteiger partial charge is 0.385 e. The van der Waals surface area contributed by atoms with Crippen LogP contribution in [0.2, 0.25) is 0 Å². The first-order valence-corrected chi connectivity index (χ1v) is 11.5. The second-order valence-corrected chi connectivity index (χ2v) is 8.30. The number of benzene rings is 2. The van der Waals surface area contributed by atoms with Crippen LogP contribution in [-0.2, 0) is 28.8 Å². The van der Waals surface area contributed by atoms with Crippen LogP contribution >= 0.6 is 0 Å². The molecule has 1 atom stereocenters. The van der Waals surface area contributed by atoms with Gasteiger partial charge in [-0.3, -0.25) is 4.79 Å². The highest BCUT2D eigenvalue weighted by atomic mass is 19.4. The van der Waals surface area contributed by atoms with Crippen LogP contribution in [0.25, 0.3) is 0 Å². The van der Waals surface area contributed by atoms with Crippen molar-refractivity contribution in [3.63, 3.8) is 0 Å². The molecule has 34 heavy (non-hydrogen) atoms. The number of nitrogens with zero attached hydrogens (tertiary/aromatic N) is 2. The fourth-order valence-electron chi connectivity index (χ4n) is 4.11. The number of carbonyl (C=O) groups is 1. The third-order valence-corrected chi connectivity index (χ3v) is 5.88. The fourth-order valence-corrected chi connectivity index (χ4v) is 4.11. The number of carbonyl (C=O) groups excluding carboxylic acids is 1. The Hall–Kier alpha value is -3.06. The molecule has 0 saturated carbocycles. The predicted octanol–water partition coefficient (Wildman–Crippen LogP) is 6.11. The molecule has 0 saturated heterocycles. The van der Waals surface area contributed by atoms with Crippen LogP contribution in [0.5, 0.6) is 0 Å². The molecule has 0 fully saturated rings. The monoisotopic (exact) mass is 472 g/mol. The van der Waals surface area contributed by atoms with Gasteiger partial charge in [0.25, 0.3) is 0 Å². The highest BCUT2D eigenvalue weighted by Crippen LogP contribution is 2.30. The molecular formula is C27H31F3N2O2. The normalized spacial score (nSPS) is 12.5. The topological polar surface area (TPSA) is 34.5 Å². The van der Waals surface area contributed by atoms with Gasteiger partial charge < -0.3 is 14.2 Å². The van der Waals surface area contributed by atoms with Crippen molar-refractivity contribution in [1.82, 2.24) is 9.47 Å². The summed E-state index contributed by atoms with van der Waals surface area (Å²) in [6.07, 6.45) is -1.18. The zero-order valence-corrected chi connectivity index (χ0v) is 19.6. The lowest BCUT2D eigenvalue weighted by atomic mass is 9.95. The summed E-state index contributed by atoms with van der Waals surface area (Å²) in [5.74, 6) is -0.216. The summed E-state index contributed by atoms with van der Waals surface area (Å²) in [6.45, 7) is 3.74. The van der Waals surface area contributed by atoms with Gasteiger partial charge in [-0.15, -0.1) is 0 Å². The number of amides is 1. The number of methoxy groups -OCH3 is 1. The molecule has 3 aromatic rings.